The van der Waals surface area contributed by atoms with Crippen molar-refractivity contribution in [1.82, 2.24) is 0 Å². The molecule has 2 aliphatic heterocycles. The van der Waals surface area contributed by atoms with Gasteiger partial charge in [0.05, 0.1) is 17.8 Å². The quantitative estimate of drug-likeness (QED) is 0.401. The van der Waals surface area contributed by atoms with Gasteiger partial charge in [0.15, 0.2) is 5.60 Å². The number of fused-ring (bicyclic) bond motifs is 6. The molecule has 5 rings (SSSR count). The summed E-state index contributed by atoms with van der Waals surface area (Å²) < 4.78 is 24.6. The summed E-state index contributed by atoms with van der Waals surface area (Å²) in [5.41, 5.74) is 1.85. The Morgan fingerprint density at radius 2 is 1.33 bits per heavy atom. The highest BCUT2D eigenvalue weighted by Crippen LogP contribution is 2.57. The predicted molar refractivity (Wildman–Crippen MR) is 125 cm³/mol. The lowest BCUT2D eigenvalue weighted by Gasteiger charge is -2.37. The molecule has 0 radical (unpaired) electrons. The van der Waals surface area contributed by atoms with Crippen molar-refractivity contribution in [2.24, 2.45) is 0 Å². The SMILES string of the molecule is CCC(C)Oc1ccc2c(c1)Oc1cc(OC(C)CC)ccc1C21OC(=O)c2ccccc21. The van der Waals surface area contributed by atoms with Gasteiger partial charge in [0.2, 0.25) is 0 Å². The minimum Gasteiger partial charge on any atom is -0.491 e. The van der Waals surface area contributed by atoms with Crippen LogP contribution in [-0.2, 0) is 10.3 Å². The highest BCUT2D eigenvalue weighted by Gasteiger charge is 2.53. The van der Waals surface area contributed by atoms with E-state index in [0.29, 0.717) is 28.6 Å². The molecule has 2 aliphatic rings. The number of hydrogen-bond donors (Lipinski definition) is 0. The lowest BCUT2D eigenvalue weighted by atomic mass is 9.77. The molecule has 1 spiro atoms. The molecule has 0 fully saturated rings. The minimum atomic E-state index is -1.08. The van der Waals surface area contributed by atoms with Crippen LogP contribution in [0.1, 0.15) is 67.6 Å². The number of carbonyl (C=O) groups excluding carboxylic acids is 1. The number of ether oxygens (including phenoxy) is 4. The standard InChI is InChI=1S/C28H28O5/c1-5-17(3)30-19-11-13-23-25(15-19)32-26-16-20(31-18(4)6-2)12-14-24(26)28(23)22-10-8-7-9-21(22)27(29)33-28/h7-18H,5-6H2,1-4H3. The van der Waals surface area contributed by atoms with Crippen molar-refractivity contribution in [1.29, 1.82) is 0 Å². The van der Waals surface area contributed by atoms with Crippen LogP contribution in [0.15, 0.2) is 60.7 Å². The van der Waals surface area contributed by atoms with Crippen LogP contribution in [0.4, 0.5) is 0 Å². The van der Waals surface area contributed by atoms with E-state index in [0.717, 1.165) is 29.5 Å². The monoisotopic (exact) mass is 444 g/mol. The molecule has 0 amide bonds. The van der Waals surface area contributed by atoms with Gasteiger partial charge < -0.3 is 18.9 Å². The normalized spacial score (nSPS) is 19.6. The van der Waals surface area contributed by atoms with Gasteiger partial charge in [-0.15, -0.1) is 0 Å². The Balaban J connectivity index is 1.69. The van der Waals surface area contributed by atoms with Gasteiger partial charge in [0.1, 0.15) is 23.0 Å². The Morgan fingerprint density at radius 1 is 0.788 bits per heavy atom. The summed E-state index contributed by atoms with van der Waals surface area (Å²) in [5, 5.41) is 0. The fraction of sp³-hybridized carbons (Fsp3) is 0.321. The summed E-state index contributed by atoms with van der Waals surface area (Å²) in [5.74, 6) is 2.30. The third-order valence-electron chi connectivity index (χ3n) is 6.48. The van der Waals surface area contributed by atoms with Gasteiger partial charge in [0, 0.05) is 28.8 Å². The van der Waals surface area contributed by atoms with E-state index in [1.165, 1.54) is 0 Å². The van der Waals surface area contributed by atoms with Gasteiger partial charge in [-0.2, -0.15) is 0 Å². The topological polar surface area (TPSA) is 54.0 Å². The smallest absolute Gasteiger partial charge is 0.340 e. The van der Waals surface area contributed by atoms with Crippen LogP contribution in [0.5, 0.6) is 23.0 Å². The molecule has 33 heavy (non-hydrogen) atoms. The molecule has 2 unspecified atom stereocenters. The molecule has 5 heteroatoms. The van der Waals surface area contributed by atoms with Crippen LogP contribution < -0.4 is 14.2 Å². The van der Waals surface area contributed by atoms with Crippen molar-refractivity contribution in [2.75, 3.05) is 0 Å². The van der Waals surface area contributed by atoms with Gasteiger partial charge >= 0.3 is 5.97 Å². The van der Waals surface area contributed by atoms with Crippen molar-refractivity contribution in [3.63, 3.8) is 0 Å². The maximum Gasteiger partial charge on any atom is 0.340 e. The van der Waals surface area contributed by atoms with Gasteiger partial charge in [-0.05, 0) is 57.0 Å². The largest absolute Gasteiger partial charge is 0.491 e. The van der Waals surface area contributed by atoms with E-state index in [2.05, 4.69) is 13.8 Å². The van der Waals surface area contributed by atoms with Crippen molar-refractivity contribution < 1.29 is 23.7 Å². The van der Waals surface area contributed by atoms with Gasteiger partial charge in [-0.1, -0.05) is 32.0 Å². The highest BCUT2D eigenvalue weighted by molar-refractivity contribution is 5.97. The van der Waals surface area contributed by atoms with Crippen LogP contribution in [-0.4, -0.2) is 18.2 Å². The second-order valence-corrected chi connectivity index (χ2v) is 8.71. The highest BCUT2D eigenvalue weighted by atomic mass is 16.6. The lowest BCUT2D eigenvalue weighted by Crippen LogP contribution is -2.33. The van der Waals surface area contributed by atoms with Gasteiger partial charge in [-0.25, -0.2) is 4.79 Å². The first-order valence-electron chi connectivity index (χ1n) is 11.6. The van der Waals surface area contributed by atoms with Crippen molar-refractivity contribution in [2.45, 2.75) is 58.3 Å². The van der Waals surface area contributed by atoms with Gasteiger partial charge in [-0.3, -0.25) is 0 Å². The predicted octanol–water partition coefficient (Wildman–Crippen LogP) is 6.61. The third-order valence-corrected chi connectivity index (χ3v) is 6.48. The molecule has 5 nitrogen and oxygen atoms in total. The zero-order chi connectivity index (χ0) is 23.2. The van der Waals surface area contributed by atoms with E-state index >= 15 is 0 Å². The van der Waals surface area contributed by atoms with Crippen LogP contribution >= 0.6 is 0 Å². The molecule has 3 aromatic rings. The van der Waals surface area contributed by atoms with Crippen LogP contribution in [0.25, 0.3) is 0 Å². The maximum absolute atomic E-state index is 12.9. The van der Waals surface area contributed by atoms with Crippen LogP contribution in [0.3, 0.4) is 0 Å². The van der Waals surface area contributed by atoms with E-state index in [9.17, 15) is 4.79 Å². The Hall–Kier alpha value is -3.47. The molecular weight excluding hydrogens is 416 g/mol. The minimum absolute atomic E-state index is 0.0773. The van der Waals surface area contributed by atoms with Crippen molar-refractivity contribution in [3.8, 4) is 23.0 Å². The lowest BCUT2D eigenvalue weighted by molar-refractivity contribution is 0.0224. The van der Waals surface area contributed by atoms with E-state index < -0.39 is 5.60 Å². The number of esters is 1. The first-order valence-corrected chi connectivity index (χ1v) is 11.6. The molecule has 2 heterocycles. The second kappa shape index (κ2) is 8.14. The van der Waals surface area contributed by atoms with E-state index in [1.54, 1.807) is 0 Å². The third kappa shape index (κ3) is 3.43. The molecule has 0 saturated carbocycles. The summed E-state index contributed by atoms with van der Waals surface area (Å²) in [7, 11) is 0. The summed E-state index contributed by atoms with van der Waals surface area (Å²) in [6.07, 6.45) is 1.94. The number of hydrogen-bond acceptors (Lipinski definition) is 5. The zero-order valence-corrected chi connectivity index (χ0v) is 19.4. The van der Waals surface area contributed by atoms with Crippen molar-refractivity contribution >= 4 is 5.97 Å². The van der Waals surface area contributed by atoms with E-state index in [1.807, 2.05) is 74.5 Å². The average molecular weight is 445 g/mol. The van der Waals surface area contributed by atoms with E-state index in [-0.39, 0.29) is 18.2 Å². The first-order chi connectivity index (χ1) is 16.0. The summed E-state index contributed by atoms with van der Waals surface area (Å²) >= 11 is 0. The maximum atomic E-state index is 12.9. The molecule has 0 aromatic heterocycles. The molecule has 0 N–H and O–H groups in total. The molecule has 0 bridgehead atoms. The summed E-state index contributed by atoms with van der Waals surface area (Å²) in [6.45, 7) is 8.23. The van der Waals surface area contributed by atoms with Gasteiger partial charge in [0.25, 0.3) is 0 Å². The molecule has 3 aromatic carbocycles. The zero-order valence-electron chi connectivity index (χ0n) is 19.4. The Bertz CT molecular complexity index is 1150. The van der Waals surface area contributed by atoms with Crippen LogP contribution in [0.2, 0.25) is 0 Å². The number of carbonyl (C=O) groups is 1. The Labute approximate surface area is 194 Å². The molecular formula is C28H28O5. The Morgan fingerprint density at radius 3 is 1.88 bits per heavy atom. The molecule has 0 saturated heterocycles. The molecule has 2 atom stereocenters. The van der Waals surface area contributed by atoms with E-state index in [4.69, 9.17) is 18.9 Å². The first kappa shape index (κ1) is 21.4. The molecule has 0 aliphatic carbocycles. The fourth-order valence-electron chi connectivity index (χ4n) is 4.41. The summed E-state index contributed by atoms with van der Waals surface area (Å²) in [6, 6.07) is 19.0. The summed E-state index contributed by atoms with van der Waals surface area (Å²) in [4.78, 5) is 12.9. The molecule has 170 valence electrons. The van der Waals surface area contributed by atoms with Crippen molar-refractivity contribution in [3.05, 3.63) is 82.9 Å². The second-order valence-electron chi connectivity index (χ2n) is 8.71. The Kier molecular flexibility index (Phi) is 5.28. The number of benzene rings is 3. The fourth-order valence-corrected chi connectivity index (χ4v) is 4.41. The number of rotatable bonds is 6. The van der Waals surface area contributed by atoms with Crippen LogP contribution in [0, 0.1) is 0 Å². The average Bonchev–Trinajstić information content (AvgIpc) is 3.11.